The second kappa shape index (κ2) is 7.06. The number of aromatic nitrogens is 2. The summed E-state index contributed by atoms with van der Waals surface area (Å²) in [5, 5.41) is 3.50. The fourth-order valence-corrected chi connectivity index (χ4v) is 1.79. The summed E-state index contributed by atoms with van der Waals surface area (Å²) >= 11 is 0. The van der Waals surface area contributed by atoms with Gasteiger partial charge in [-0.15, -0.1) is 0 Å². The van der Waals surface area contributed by atoms with Gasteiger partial charge >= 0.3 is 0 Å². The van der Waals surface area contributed by atoms with Gasteiger partial charge in [0.15, 0.2) is 0 Å². The van der Waals surface area contributed by atoms with Crippen molar-refractivity contribution in [1.29, 1.82) is 0 Å². The topological polar surface area (TPSA) is 39.1 Å². The lowest BCUT2D eigenvalue weighted by Crippen LogP contribution is -2.35. The molecule has 0 radical (unpaired) electrons. The van der Waals surface area contributed by atoms with Gasteiger partial charge in [-0.05, 0) is 33.6 Å². The van der Waals surface area contributed by atoms with E-state index in [-0.39, 0.29) is 5.54 Å². The summed E-state index contributed by atoms with van der Waals surface area (Å²) in [6.07, 6.45) is 1.95. The highest BCUT2D eigenvalue weighted by molar-refractivity contribution is 5.04. The lowest BCUT2D eigenvalue weighted by molar-refractivity contribution is 0.102. The maximum Gasteiger partial charge on any atom is 0.105 e. The van der Waals surface area contributed by atoms with Gasteiger partial charge in [0.2, 0.25) is 0 Å². The average Bonchev–Trinajstić information content (AvgIpc) is 2.62. The third kappa shape index (κ3) is 6.21. The predicted molar refractivity (Wildman–Crippen MR) is 79.2 cm³/mol. The number of hydrogen-bond donors (Lipinski definition) is 1. The van der Waals surface area contributed by atoms with E-state index in [1.807, 2.05) is 13.1 Å². The molecule has 1 heterocycles. The molecule has 0 saturated heterocycles. The van der Waals surface area contributed by atoms with Crippen molar-refractivity contribution in [2.24, 2.45) is 5.92 Å². The molecule has 0 aliphatic rings. The quantitative estimate of drug-likeness (QED) is 0.772. The zero-order valence-corrected chi connectivity index (χ0v) is 13.3. The first kappa shape index (κ1) is 16.2. The molecule has 1 rings (SSSR count). The molecule has 19 heavy (non-hydrogen) atoms. The Morgan fingerprint density at radius 1 is 1.37 bits per heavy atom. The zero-order valence-electron chi connectivity index (χ0n) is 13.3. The summed E-state index contributed by atoms with van der Waals surface area (Å²) in [4.78, 5) is 4.40. The summed E-state index contributed by atoms with van der Waals surface area (Å²) in [5.74, 6) is 1.64. The molecule has 0 saturated carbocycles. The highest BCUT2D eigenvalue weighted by Crippen LogP contribution is 2.08. The van der Waals surface area contributed by atoms with Crippen LogP contribution in [0.25, 0.3) is 0 Å². The van der Waals surface area contributed by atoms with E-state index >= 15 is 0 Å². The SMILES string of the molecule is Cc1ncc(CNC(C)(C)C)n1CCOCC(C)C. The Morgan fingerprint density at radius 2 is 2.05 bits per heavy atom. The minimum absolute atomic E-state index is 0.122. The first-order valence-electron chi connectivity index (χ1n) is 7.13. The smallest absolute Gasteiger partial charge is 0.105 e. The number of rotatable bonds is 7. The fraction of sp³-hybridized carbons (Fsp3) is 0.800. The molecule has 4 heteroatoms. The van der Waals surface area contributed by atoms with Crippen LogP contribution < -0.4 is 5.32 Å². The number of nitrogens with zero attached hydrogens (tertiary/aromatic N) is 2. The molecule has 0 amide bonds. The van der Waals surface area contributed by atoms with Gasteiger partial charge in [-0.3, -0.25) is 0 Å². The van der Waals surface area contributed by atoms with Gasteiger partial charge in [-0.2, -0.15) is 0 Å². The second-order valence-corrected chi connectivity index (χ2v) is 6.52. The molecule has 1 N–H and O–H groups in total. The molecule has 110 valence electrons. The van der Waals surface area contributed by atoms with E-state index in [1.54, 1.807) is 0 Å². The van der Waals surface area contributed by atoms with Crippen molar-refractivity contribution in [2.75, 3.05) is 13.2 Å². The van der Waals surface area contributed by atoms with Crippen LogP contribution in [0, 0.1) is 12.8 Å². The Morgan fingerprint density at radius 3 is 2.63 bits per heavy atom. The number of hydrogen-bond acceptors (Lipinski definition) is 3. The Balaban J connectivity index is 2.50. The first-order valence-corrected chi connectivity index (χ1v) is 7.13. The molecule has 0 atom stereocenters. The zero-order chi connectivity index (χ0) is 14.5. The number of aryl methyl sites for hydroxylation is 1. The minimum Gasteiger partial charge on any atom is -0.379 e. The summed E-state index contributed by atoms with van der Waals surface area (Å²) < 4.78 is 7.89. The Bertz CT molecular complexity index is 377. The van der Waals surface area contributed by atoms with Gasteiger partial charge in [0.25, 0.3) is 0 Å². The fourth-order valence-electron chi connectivity index (χ4n) is 1.79. The van der Waals surface area contributed by atoms with Crippen molar-refractivity contribution in [2.45, 2.75) is 60.2 Å². The Labute approximate surface area is 117 Å². The van der Waals surface area contributed by atoms with Crippen LogP contribution >= 0.6 is 0 Å². The van der Waals surface area contributed by atoms with Gasteiger partial charge in [-0.25, -0.2) is 4.98 Å². The van der Waals surface area contributed by atoms with Crippen LogP contribution in [0.1, 0.15) is 46.1 Å². The number of imidazole rings is 1. The third-order valence-electron chi connectivity index (χ3n) is 2.85. The highest BCUT2D eigenvalue weighted by atomic mass is 16.5. The molecule has 0 aliphatic carbocycles. The van der Waals surface area contributed by atoms with Crippen molar-refractivity contribution in [3.63, 3.8) is 0 Å². The van der Waals surface area contributed by atoms with E-state index in [2.05, 4.69) is 49.5 Å². The van der Waals surface area contributed by atoms with E-state index in [0.29, 0.717) is 5.92 Å². The normalized spacial score (nSPS) is 12.4. The van der Waals surface area contributed by atoms with Crippen molar-refractivity contribution < 1.29 is 4.74 Å². The molecule has 1 aromatic rings. The van der Waals surface area contributed by atoms with Gasteiger partial charge in [0.05, 0.1) is 12.3 Å². The minimum atomic E-state index is 0.122. The molecular weight excluding hydrogens is 238 g/mol. The van der Waals surface area contributed by atoms with Crippen LogP contribution in [-0.4, -0.2) is 28.3 Å². The van der Waals surface area contributed by atoms with Crippen molar-refractivity contribution in [3.8, 4) is 0 Å². The largest absolute Gasteiger partial charge is 0.379 e. The van der Waals surface area contributed by atoms with Gasteiger partial charge in [0.1, 0.15) is 5.82 Å². The van der Waals surface area contributed by atoms with Gasteiger partial charge in [-0.1, -0.05) is 13.8 Å². The van der Waals surface area contributed by atoms with Crippen molar-refractivity contribution in [3.05, 3.63) is 17.7 Å². The van der Waals surface area contributed by atoms with E-state index in [1.165, 1.54) is 5.69 Å². The summed E-state index contributed by atoms with van der Waals surface area (Å²) in [7, 11) is 0. The van der Waals surface area contributed by atoms with Gasteiger partial charge in [0, 0.05) is 31.4 Å². The van der Waals surface area contributed by atoms with E-state index in [9.17, 15) is 0 Å². The monoisotopic (exact) mass is 267 g/mol. The maximum absolute atomic E-state index is 5.65. The van der Waals surface area contributed by atoms with Crippen molar-refractivity contribution >= 4 is 0 Å². The Hall–Kier alpha value is -0.870. The molecule has 0 unspecified atom stereocenters. The summed E-state index contributed by atoms with van der Waals surface area (Å²) in [6, 6.07) is 0. The second-order valence-electron chi connectivity index (χ2n) is 6.52. The first-order chi connectivity index (χ1) is 8.79. The standard InChI is InChI=1S/C15H29N3O/c1-12(2)11-19-8-7-18-13(3)16-9-14(18)10-17-15(4,5)6/h9,12,17H,7-8,10-11H2,1-6H3. The molecular formula is C15H29N3O. The lowest BCUT2D eigenvalue weighted by atomic mass is 10.1. The van der Waals surface area contributed by atoms with Crippen LogP contribution in [0.5, 0.6) is 0 Å². The third-order valence-corrected chi connectivity index (χ3v) is 2.85. The van der Waals surface area contributed by atoms with E-state index < -0.39 is 0 Å². The molecule has 0 bridgehead atoms. The van der Waals surface area contributed by atoms with Crippen LogP contribution in [0.2, 0.25) is 0 Å². The van der Waals surface area contributed by atoms with Crippen LogP contribution in [0.15, 0.2) is 6.20 Å². The molecule has 0 aromatic carbocycles. The van der Waals surface area contributed by atoms with Crippen LogP contribution in [0.3, 0.4) is 0 Å². The molecule has 0 aliphatic heterocycles. The Kier molecular flexibility index (Phi) is 6.01. The molecule has 0 fully saturated rings. The average molecular weight is 267 g/mol. The summed E-state index contributed by atoms with van der Waals surface area (Å²) in [5.41, 5.74) is 1.34. The van der Waals surface area contributed by atoms with E-state index in [4.69, 9.17) is 4.74 Å². The van der Waals surface area contributed by atoms with Crippen molar-refractivity contribution in [1.82, 2.24) is 14.9 Å². The predicted octanol–water partition coefficient (Wildman–Crippen LogP) is 2.75. The number of ether oxygens (including phenoxy) is 1. The number of nitrogens with one attached hydrogen (secondary N) is 1. The van der Waals surface area contributed by atoms with E-state index in [0.717, 1.165) is 32.1 Å². The lowest BCUT2D eigenvalue weighted by Gasteiger charge is -2.21. The van der Waals surface area contributed by atoms with Crippen LogP contribution in [0.4, 0.5) is 0 Å². The molecule has 0 spiro atoms. The maximum atomic E-state index is 5.65. The summed E-state index contributed by atoms with van der Waals surface area (Å²) in [6.45, 7) is 16.2. The molecule has 1 aromatic heterocycles. The van der Waals surface area contributed by atoms with Crippen LogP contribution in [-0.2, 0) is 17.8 Å². The highest BCUT2D eigenvalue weighted by Gasteiger charge is 2.12. The molecule has 4 nitrogen and oxygen atoms in total. The van der Waals surface area contributed by atoms with Gasteiger partial charge < -0.3 is 14.6 Å².